The SMILES string of the molecule is CCCNC(=O)c1cccc(C(=O)N2CCN(C)CC2)c1. The highest BCUT2D eigenvalue weighted by atomic mass is 16.2. The summed E-state index contributed by atoms with van der Waals surface area (Å²) in [6.07, 6.45) is 0.895. The number of nitrogens with one attached hydrogen (secondary N) is 1. The number of nitrogens with zero attached hydrogens (tertiary/aromatic N) is 2. The Kier molecular flexibility index (Phi) is 5.33. The van der Waals surface area contributed by atoms with Crippen LogP contribution in [0, 0.1) is 0 Å². The first kappa shape index (κ1) is 15.5. The van der Waals surface area contributed by atoms with Crippen LogP contribution in [0.25, 0.3) is 0 Å². The van der Waals surface area contributed by atoms with Crippen molar-refractivity contribution in [3.63, 3.8) is 0 Å². The van der Waals surface area contributed by atoms with E-state index in [1.54, 1.807) is 24.3 Å². The molecule has 1 aliphatic rings. The van der Waals surface area contributed by atoms with E-state index in [4.69, 9.17) is 0 Å². The number of amides is 2. The van der Waals surface area contributed by atoms with Crippen LogP contribution >= 0.6 is 0 Å². The Morgan fingerprint density at radius 2 is 1.81 bits per heavy atom. The molecule has 114 valence electrons. The van der Waals surface area contributed by atoms with Crippen LogP contribution in [0.4, 0.5) is 0 Å². The lowest BCUT2D eigenvalue weighted by Gasteiger charge is -2.32. The summed E-state index contributed by atoms with van der Waals surface area (Å²) in [6.45, 7) is 5.91. The molecule has 1 heterocycles. The van der Waals surface area contributed by atoms with Crippen molar-refractivity contribution >= 4 is 11.8 Å². The Morgan fingerprint density at radius 1 is 1.14 bits per heavy atom. The fraction of sp³-hybridized carbons (Fsp3) is 0.500. The molecule has 1 N–H and O–H groups in total. The molecule has 5 heteroatoms. The molecule has 1 aromatic carbocycles. The van der Waals surface area contributed by atoms with Crippen molar-refractivity contribution in [1.29, 1.82) is 0 Å². The molecule has 0 atom stereocenters. The zero-order chi connectivity index (χ0) is 15.2. The Balaban J connectivity index is 2.06. The standard InChI is InChI=1S/C16H23N3O2/c1-3-7-17-15(20)13-5-4-6-14(12-13)16(21)19-10-8-18(2)9-11-19/h4-6,12H,3,7-11H2,1-2H3,(H,17,20). The van der Waals surface area contributed by atoms with E-state index < -0.39 is 0 Å². The summed E-state index contributed by atoms with van der Waals surface area (Å²) < 4.78 is 0. The van der Waals surface area contributed by atoms with E-state index in [9.17, 15) is 9.59 Å². The van der Waals surface area contributed by atoms with Crippen molar-refractivity contribution in [2.45, 2.75) is 13.3 Å². The predicted molar refractivity (Wildman–Crippen MR) is 82.5 cm³/mol. The molecule has 0 saturated carbocycles. The molecule has 0 unspecified atom stereocenters. The Bertz CT molecular complexity index is 508. The molecule has 1 fully saturated rings. The first-order chi connectivity index (χ1) is 10.1. The molecule has 1 aromatic rings. The molecule has 1 aliphatic heterocycles. The number of carbonyl (C=O) groups is 2. The van der Waals surface area contributed by atoms with Gasteiger partial charge in [0.2, 0.25) is 0 Å². The van der Waals surface area contributed by atoms with E-state index in [-0.39, 0.29) is 11.8 Å². The van der Waals surface area contributed by atoms with Gasteiger partial charge in [0.15, 0.2) is 0 Å². The van der Waals surface area contributed by atoms with Crippen molar-refractivity contribution in [3.8, 4) is 0 Å². The van der Waals surface area contributed by atoms with Gasteiger partial charge in [-0.05, 0) is 31.7 Å². The quantitative estimate of drug-likeness (QED) is 0.906. The second-order valence-corrected chi connectivity index (χ2v) is 5.43. The van der Waals surface area contributed by atoms with Gasteiger partial charge in [-0.15, -0.1) is 0 Å². The maximum absolute atomic E-state index is 12.5. The van der Waals surface area contributed by atoms with Gasteiger partial charge in [-0.2, -0.15) is 0 Å². The third-order valence-corrected chi connectivity index (χ3v) is 3.70. The molecule has 5 nitrogen and oxygen atoms in total. The molecule has 21 heavy (non-hydrogen) atoms. The summed E-state index contributed by atoms with van der Waals surface area (Å²) >= 11 is 0. The molecular weight excluding hydrogens is 266 g/mol. The van der Waals surface area contributed by atoms with Gasteiger partial charge in [-0.25, -0.2) is 0 Å². The van der Waals surface area contributed by atoms with Crippen molar-refractivity contribution in [2.24, 2.45) is 0 Å². The monoisotopic (exact) mass is 289 g/mol. The summed E-state index contributed by atoms with van der Waals surface area (Å²) in [7, 11) is 2.06. The lowest BCUT2D eigenvalue weighted by molar-refractivity contribution is 0.0664. The number of piperazine rings is 1. The largest absolute Gasteiger partial charge is 0.352 e. The van der Waals surface area contributed by atoms with Gasteiger partial charge in [0.1, 0.15) is 0 Å². The van der Waals surface area contributed by atoms with Crippen molar-refractivity contribution in [2.75, 3.05) is 39.8 Å². The van der Waals surface area contributed by atoms with Crippen LogP contribution in [0.1, 0.15) is 34.1 Å². The maximum Gasteiger partial charge on any atom is 0.253 e. The molecular formula is C16H23N3O2. The molecule has 0 bridgehead atoms. The predicted octanol–water partition coefficient (Wildman–Crippen LogP) is 1.21. The summed E-state index contributed by atoms with van der Waals surface area (Å²) in [5.41, 5.74) is 1.13. The number of rotatable bonds is 4. The van der Waals surface area contributed by atoms with Crippen LogP contribution in [-0.2, 0) is 0 Å². The topological polar surface area (TPSA) is 52.7 Å². The van der Waals surface area contributed by atoms with E-state index in [0.717, 1.165) is 32.6 Å². The number of hydrogen-bond acceptors (Lipinski definition) is 3. The molecule has 2 rings (SSSR count). The molecule has 0 radical (unpaired) electrons. The highest BCUT2D eigenvalue weighted by Gasteiger charge is 2.20. The Hall–Kier alpha value is -1.88. The van der Waals surface area contributed by atoms with Crippen molar-refractivity contribution in [3.05, 3.63) is 35.4 Å². The molecule has 2 amide bonds. The third kappa shape index (κ3) is 4.04. The minimum Gasteiger partial charge on any atom is -0.352 e. The van der Waals surface area contributed by atoms with Crippen LogP contribution in [0.3, 0.4) is 0 Å². The van der Waals surface area contributed by atoms with E-state index >= 15 is 0 Å². The first-order valence-electron chi connectivity index (χ1n) is 7.48. The zero-order valence-electron chi connectivity index (χ0n) is 12.8. The van der Waals surface area contributed by atoms with Gasteiger partial charge >= 0.3 is 0 Å². The van der Waals surface area contributed by atoms with Crippen LogP contribution in [0.5, 0.6) is 0 Å². The van der Waals surface area contributed by atoms with Crippen LogP contribution < -0.4 is 5.32 Å². The Morgan fingerprint density at radius 3 is 2.48 bits per heavy atom. The lowest BCUT2D eigenvalue weighted by atomic mass is 10.1. The van der Waals surface area contributed by atoms with Crippen LogP contribution in [0.2, 0.25) is 0 Å². The normalized spacial score (nSPS) is 15.8. The third-order valence-electron chi connectivity index (χ3n) is 3.70. The highest BCUT2D eigenvalue weighted by molar-refractivity contribution is 5.99. The summed E-state index contributed by atoms with van der Waals surface area (Å²) in [5, 5.41) is 2.83. The molecule has 1 saturated heterocycles. The molecule has 0 aromatic heterocycles. The number of carbonyl (C=O) groups excluding carboxylic acids is 2. The van der Waals surface area contributed by atoms with Gasteiger partial charge in [0.05, 0.1) is 0 Å². The van der Waals surface area contributed by atoms with Gasteiger partial charge in [-0.1, -0.05) is 13.0 Å². The summed E-state index contributed by atoms with van der Waals surface area (Å²) in [6, 6.07) is 6.97. The van der Waals surface area contributed by atoms with E-state index in [2.05, 4.69) is 17.3 Å². The summed E-state index contributed by atoms with van der Waals surface area (Å²) in [5.74, 6) is -0.113. The fourth-order valence-electron chi connectivity index (χ4n) is 2.33. The average Bonchev–Trinajstić information content (AvgIpc) is 2.52. The van der Waals surface area contributed by atoms with Gasteiger partial charge in [-0.3, -0.25) is 9.59 Å². The van der Waals surface area contributed by atoms with Gasteiger partial charge < -0.3 is 15.1 Å². The molecule has 0 spiro atoms. The molecule has 0 aliphatic carbocycles. The lowest BCUT2D eigenvalue weighted by Crippen LogP contribution is -2.47. The maximum atomic E-state index is 12.5. The Labute approximate surface area is 125 Å². The number of likely N-dealkylation sites (N-methyl/N-ethyl adjacent to an activating group) is 1. The second kappa shape index (κ2) is 7.22. The smallest absolute Gasteiger partial charge is 0.253 e. The highest BCUT2D eigenvalue weighted by Crippen LogP contribution is 2.11. The minimum absolute atomic E-state index is 0.00763. The summed E-state index contributed by atoms with van der Waals surface area (Å²) in [4.78, 5) is 28.5. The average molecular weight is 289 g/mol. The van der Waals surface area contributed by atoms with Gasteiger partial charge in [0, 0.05) is 43.9 Å². The van der Waals surface area contributed by atoms with E-state index in [0.29, 0.717) is 17.7 Å². The van der Waals surface area contributed by atoms with Crippen molar-refractivity contribution in [1.82, 2.24) is 15.1 Å². The minimum atomic E-state index is -0.120. The van der Waals surface area contributed by atoms with Crippen LogP contribution in [0.15, 0.2) is 24.3 Å². The number of hydrogen-bond donors (Lipinski definition) is 1. The van der Waals surface area contributed by atoms with Crippen LogP contribution in [-0.4, -0.2) is 61.4 Å². The number of benzene rings is 1. The fourth-order valence-corrected chi connectivity index (χ4v) is 2.33. The second-order valence-electron chi connectivity index (χ2n) is 5.43. The van der Waals surface area contributed by atoms with E-state index in [1.165, 1.54) is 0 Å². The van der Waals surface area contributed by atoms with E-state index in [1.807, 2.05) is 11.8 Å². The zero-order valence-corrected chi connectivity index (χ0v) is 12.8. The first-order valence-corrected chi connectivity index (χ1v) is 7.48. The van der Waals surface area contributed by atoms with Gasteiger partial charge in [0.25, 0.3) is 11.8 Å². The van der Waals surface area contributed by atoms with Crippen molar-refractivity contribution < 1.29 is 9.59 Å².